The lowest BCUT2D eigenvalue weighted by molar-refractivity contribution is -0.137. The zero-order chi connectivity index (χ0) is 23.8. The van der Waals surface area contributed by atoms with Crippen molar-refractivity contribution in [3.05, 3.63) is 59.9 Å². The number of aromatic amines is 1. The Morgan fingerprint density at radius 3 is 2.52 bits per heavy atom. The summed E-state index contributed by atoms with van der Waals surface area (Å²) < 4.78 is 40.4. The van der Waals surface area contributed by atoms with Gasteiger partial charge in [-0.2, -0.15) is 18.3 Å². The van der Waals surface area contributed by atoms with Crippen LogP contribution in [0, 0.1) is 6.92 Å². The van der Waals surface area contributed by atoms with Crippen molar-refractivity contribution >= 4 is 29.0 Å². The fourth-order valence-electron chi connectivity index (χ4n) is 3.16. The molecule has 0 fully saturated rings. The van der Waals surface area contributed by atoms with Crippen molar-refractivity contribution in [1.29, 1.82) is 0 Å². The Labute approximate surface area is 185 Å². The molecule has 2 amide bonds. The van der Waals surface area contributed by atoms with Gasteiger partial charge in [0.25, 0.3) is 11.8 Å². The molecule has 3 N–H and O–H groups in total. The van der Waals surface area contributed by atoms with E-state index in [1.807, 2.05) is 0 Å². The number of carbonyl (C=O) groups excluding carboxylic acids is 2. The molecule has 1 aliphatic heterocycles. The van der Waals surface area contributed by atoms with Gasteiger partial charge in [0, 0.05) is 11.3 Å². The number of aliphatic imine (C=N–C) groups is 1. The number of halogens is 3. The largest absolute Gasteiger partial charge is 0.416 e. The summed E-state index contributed by atoms with van der Waals surface area (Å²) in [6.45, 7) is 3.13. The molecule has 0 spiro atoms. The summed E-state index contributed by atoms with van der Waals surface area (Å²) in [6.07, 6.45) is -4.66. The van der Waals surface area contributed by atoms with Crippen LogP contribution in [0.25, 0.3) is 11.4 Å². The molecule has 33 heavy (non-hydrogen) atoms. The SMILES string of the molecule is Cc1nc(-c2cc(NC(=O)C3=NC(C)C(=O)N(c4ccccc4)N3)cc(C(F)(F)F)c2)n[nH]1. The molecule has 4 rings (SSSR count). The molecule has 1 atom stereocenters. The maximum atomic E-state index is 13.5. The Balaban J connectivity index is 1.63. The van der Waals surface area contributed by atoms with Gasteiger partial charge >= 0.3 is 6.18 Å². The van der Waals surface area contributed by atoms with Gasteiger partial charge in [-0.25, -0.2) is 15.0 Å². The maximum absolute atomic E-state index is 13.5. The number of hydrazine groups is 1. The van der Waals surface area contributed by atoms with E-state index >= 15 is 0 Å². The number of amides is 2. The number of nitrogens with zero attached hydrogens (tertiary/aromatic N) is 4. The average molecular weight is 457 g/mol. The highest BCUT2D eigenvalue weighted by atomic mass is 19.4. The number of aromatic nitrogens is 3. The van der Waals surface area contributed by atoms with Crippen LogP contribution in [-0.4, -0.2) is 38.9 Å². The van der Waals surface area contributed by atoms with Crippen molar-refractivity contribution in [1.82, 2.24) is 20.6 Å². The number of hydrogen-bond acceptors (Lipinski definition) is 6. The van der Waals surface area contributed by atoms with E-state index in [2.05, 4.69) is 30.9 Å². The average Bonchev–Trinajstić information content (AvgIpc) is 3.21. The number of carbonyl (C=O) groups is 2. The quantitative estimate of drug-likeness (QED) is 0.557. The molecule has 1 unspecified atom stereocenters. The van der Waals surface area contributed by atoms with Crippen LogP contribution in [0.2, 0.25) is 0 Å². The monoisotopic (exact) mass is 457 g/mol. The van der Waals surface area contributed by atoms with Crippen LogP contribution in [0.4, 0.5) is 24.5 Å². The first-order valence-electron chi connectivity index (χ1n) is 9.78. The smallest absolute Gasteiger partial charge is 0.319 e. The summed E-state index contributed by atoms with van der Waals surface area (Å²) in [5, 5.41) is 10.0. The van der Waals surface area contributed by atoms with Crippen LogP contribution in [0.15, 0.2) is 53.5 Å². The van der Waals surface area contributed by atoms with Crippen molar-refractivity contribution in [2.24, 2.45) is 4.99 Å². The summed E-state index contributed by atoms with van der Waals surface area (Å²) in [4.78, 5) is 33.4. The van der Waals surface area contributed by atoms with Gasteiger partial charge in [-0.3, -0.25) is 20.1 Å². The third-order valence-electron chi connectivity index (χ3n) is 4.72. The maximum Gasteiger partial charge on any atom is 0.416 e. The van der Waals surface area contributed by atoms with Gasteiger partial charge in [-0.1, -0.05) is 18.2 Å². The number of hydrogen-bond donors (Lipinski definition) is 3. The van der Waals surface area contributed by atoms with E-state index in [9.17, 15) is 22.8 Å². The number of rotatable bonds is 4. The van der Waals surface area contributed by atoms with E-state index in [1.54, 1.807) is 37.3 Å². The highest BCUT2D eigenvalue weighted by Crippen LogP contribution is 2.34. The van der Waals surface area contributed by atoms with E-state index < -0.39 is 23.7 Å². The summed E-state index contributed by atoms with van der Waals surface area (Å²) >= 11 is 0. The summed E-state index contributed by atoms with van der Waals surface area (Å²) in [7, 11) is 0. The minimum Gasteiger partial charge on any atom is -0.319 e. The van der Waals surface area contributed by atoms with Crippen LogP contribution < -0.4 is 15.8 Å². The molecule has 0 saturated carbocycles. The molecule has 0 radical (unpaired) electrons. The highest BCUT2D eigenvalue weighted by molar-refractivity contribution is 6.43. The van der Waals surface area contributed by atoms with E-state index in [0.717, 1.165) is 12.1 Å². The Morgan fingerprint density at radius 2 is 1.88 bits per heavy atom. The van der Waals surface area contributed by atoms with Crippen LogP contribution in [0.1, 0.15) is 18.3 Å². The molecule has 170 valence electrons. The molecular weight excluding hydrogens is 439 g/mol. The molecule has 9 nitrogen and oxygen atoms in total. The predicted molar refractivity (Wildman–Crippen MR) is 114 cm³/mol. The molecule has 12 heteroatoms. The lowest BCUT2D eigenvalue weighted by Gasteiger charge is -2.30. The van der Waals surface area contributed by atoms with Crippen molar-refractivity contribution in [3.63, 3.8) is 0 Å². The number of nitrogens with one attached hydrogen (secondary N) is 3. The van der Waals surface area contributed by atoms with Crippen LogP contribution in [0.5, 0.6) is 0 Å². The van der Waals surface area contributed by atoms with E-state index in [0.29, 0.717) is 11.5 Å². The van der Waals surface area contributed by atoms with Gasteiger partial charge in [0.05, 0.1) is 11.3 Å². The van der Waals surface area contributed by atoms with Gasteiger partial charge < -0.3 is 5.32 Å². The number of alkyl halides is 3. The Kier molecular flexibility index (Phi) is 5.58. The number of amidine groups is 1. The molecular formula is C21H18F3N7O2. The molecule has 3 aromatic rings. The first kappa shape index (κ1) is 22.0. The van der Waals surface area contributed by atoms with Crippen molar-refractivity contribution in [2.45, 2.75) is 26.1 Å². The number of para-hydroxylation sites is 1. The second kappa shape index (κ2) is 8.37. The van der Waals surface area contributed by atoms with Gasteiger partial charge in [0.2, 0.25) is 5.84 Å². The molecule has 0 saturated heterocycles. The number of H-pyrrole nitrogens is 1. The standard InChI is InChI=1S/C21H18F3N7O2/c1-11-20(33)31(16-6-4-3-5-7-16)30-18(25-11)19(32)27-15-9-13(17-26-12(2)28-29-17)8-14(10-15)21(22,23)24/h3-11H,1-2H3,(H,25,30)(H,27,32)(H,26,28,29). The minimum absolute atomic E-state index is 0.0525. The zero-order valence-electron chi connectivity index (χ0n) is 17.4. The number of benzene rings is 2. The van der Waals surface area contributed by atoms with Crippen molar-refractivity contribution in [3.8, 4) is 11.4 Å². The van der Waals surface area contributed by atoms with E-state index in [1.165, 1.54) is 18.0 Å². The normalized spacial score (nSPS) is 16.3. The fraction of sp³-hybridized carbons (Fsp3) is 0.190. The zero-order valence-corrected chi connectivity index (χ0v) is 17.4. The number of aryl methyl sites for hydroxylation is 1. The lowest BCUT2D eigenvalue weighted by Crippen LogP contribution is -2.57. The topological polar surface area (TPSA) is 115 Å². The summed E-state index contributed by atoms with van der Waals surface area (Å²) in [5.74, 6) is -0.949. The van der Waals surface area contributed by atoms with Crippen molar-refractivity contribution < 1.29 is 22.8 Å². The Morgan fingerprint density at radius 1 is 1.15 bits per heavy atom. The molecule has 1 aromatic heterocycles. The minimum atomic E-state index is -4.66. The first-order chi connectivity index (χ1) is 15.6. The second-order valence-electron chi connectivity index (χ2n) is 7.27. The molecule has 0 aliphatic carbocycles. The van der Waals surface area contributed by atoms with Gasteiger partial charge in [0.1, 0.15) is 11.9 Å². The van der Waals surface area contributed by atoms with E-state index in [-0.39, 0.29) is 28.8 Å². The summed E-state index contributed by atoms with van der Waals surface area (Å²) in [6, 6.07) is 10.7. The Hall–Kier alpha value is -4.22. The van der Waals surface area contributed by atoms with E-state index in [4.69, 9.17) is 0 Å². The fourth-order valence-corrected chi connectivity index (χ4v) is 3.16. The molecule has 2 aromatic carbocycles. The predicted octanol–water partition coefficient (Wildman–Crippen LogP) is 3.08. The summed E-state index contributed by atoms with van der Waals surface area (Å²) in [5.41, 5.74) is 2.07. The Bertz CT molecular complexity index is 1240. The van der Waals surface area contributed by atoms with Crippen LogP contribution in [-0.2, 0) is 15.8 Å². The van der Waals surface area contributed by atoms with Gasteiger partial charge in [-0.05, 0) is 44.2 Å². The van der Waals surface area contributed by atoms with Crippen LogP contribution >= 0.6 is 0 Å². The van der Waals surface area contributed by atoms with Crippen molar-refractivity contribution in [2.75, 3.05) is 10.3 Å². The molecule has 0 bridgehead atoms. The lowest BCUT2D eigenvalue weighted by atomic mass is 10.1. The molecule has 2 heterocycles. The third kappa shape index (κ3) is 4.68. The first-order valence-corrected chi connectivity index (χ1v) is 9.78. The van der Waals surface area contributed by atoms with Gasteiger partial charge in [-0.15, -0.1) is 0 Å². The highest BCUT2D eigenvalue weighted by Gasteiger charge is 2.33. The number of anilines is 2. The third-order valence-corrected chi connectivity index (χ3v) is 4.72. The van der Waals surface area contributed by atoms with Crippen LogP contribution in [0.3, 0.4) is 0 Å². The molecule has 1 aliphatic rings. The second-order valence-corrected chi connectivity index (χ2v) is 7.27. The van der Waals surface area contributed by atoms with Gasteiger partial charge in [0.15, 0.2) is 5.82 Å².